The van der Waals surface area contributed by atoms with Crippen molar-refractivity contribution in [3.05, 3.63) is 11.1 Å². The van der Waals surface area contributed by atoms with E-state index in [1.807, 2.05) is 0 Å². The van der Waals surface area contributed by atoms with Gasteiger partial charge in [-0.05, 0) is 6.92 Å². The van der Waals surface area contributed by atoms with Crippen molar-refractivity contribution in [3.8, 4) is 0 Å². The fourth-order valence-corrected chi connectivity index (χ4v) is 1.74. The number of amides is 1. The molecule has 5 N–H and O–H groups in total. The Kier molecular flexibility index (Phi) is 4.16. The molecule has 8 heteroatoms. The normalized spacial score (nSPS) is 11.6. The minimum Gasteiger partial charge on any atom is -0.370 e. The molecule has 1 heterocycles. The summed E-state index contributed by atoms with van der Waals surface area (Å²) >= 11 is 1.17. The van der Waals surface area contributed by atoms with Crippen LogP contribution in [0.15, 0.2) is 10.4 Å². The molecule has 0 saturated heterocycles. The monoisotopic (exact) mass is 255 g/mol. The summed E-state index contributed by atoms with van der Waals surface area (Å²) in [5.41, 5.74) is 10.6. The molecule has 1 aromatic heterocycles. The maximum Gasteiger partial charge on any atom is 0.250 e. The number of aliphatic imine (C=N–C) groups is 1. The topological polar surface area (TPSA) is 123 Å². The van der Waals surface area contributed by atoms with Crippen molar-refractivity contribution in [2.45, 2.75) is 19.9 Å². The van der Waals surface area contributed by atoms with Crippen LogP contribution < -0.4 is 16.8 Å². The van der Waals surface area contributed by atoms with E-state index in [0.29, 0.717) is 10.8 Å². The summed E-state index contributed by atoms with van der Waals surface area (Å²) in [6, 6.07) is -0.704. The summed E-state index contributed by atoms with van der Waals surface area (Å²) in [6.45, 7) is 2.96. The zero-order chi connectivity index (χ0) is 13.0. The van der Waals surface area contributed by atoms with Gasteiger partial charge in [0.2, 0.25) is 0 Å². The summed E-state index contributed by atoms with van der Waals surface area (Å²) < 4.78 is 0. The van der Waals surface area contributed by atoms with E-state index in [-0.39, 0.29) is 17.6 Å². The molecule has 0 aliphatic rings. The van der Waals surface area contributed by atoms with Crippen LogP contribution in [0.5, 0.6) is 0 Å². The highest BCUT2D eigenvalue weighted by Gasteiger charge is 2.14. The van der Waals surface area contributed by atoms with Gasteiger partial charge in [0.1, 0.15) is 11.7 Å². The largest absolute Gasteiger partial charge is 0.370 e. The number of carbonyl (C=O) groups is 2. The molecule has 92 valence electrons. The highest BCUT2D eigenvalue weighted by atomic mass is 32.1. The standard InChI is InChI=1S/C9H13N5O2S/c1-4(12-8(10)11)7(16)14-9-13-6(3-17-9)5(2)15/h3-4H,1-2H3,(H4,10,11,12)(H,13,14,16)/t4-/m1/s1. The Balaban J connectivity index is 2.68. The Hall–Kier alpha value is -1.96. The van der Waals surface area contributed by atoms with Crippen LogP contribution >= 0.6 is 11.3 Å². The van der Waals surface area contributed by atoms with E-state index >= 15 is 0 Å². The first kappa shape index (κ1) is 13.1. The molecule has 1 amide bonds. The average molecular weight is 255 g/mol. The zero-order valence-electron chi connectivity index (χ0n) is 9.43. The Labute approximate surface area is 102 Å². The number of hydrogen-bond acceptors (Lipinski definition) is 5. The molecular weight excluding hydrogens is 242 g/mol. The summed E-state index contributed by atoms with van der Waals surface area (Å²) in [7, 11) is 0. The van der Waals surface area contributed by atoms with Gasteiger partial charge in [0.25, 0.3) is 5.91 Å². The number of Topliss-reactive ketones (excluding diaryl/α,β-unsaturated/α-hetero) is 1. The number of hydrogen-bond donors (Lipinski definition) is 3. The van der Waals surface area contributed by atoms with Crippen molar-refractivity contribution in [1.29, 1.82) is 0 Å². The molecule has 0 aliphatic heterocycles. The second-order valence-electron chi connectivity index (χ2n) is 3.31. The van der Waals surface area contributed by atoms with Crippen LogP contribution in [0.3, 0.4) is 0 Å². The SMILES string of the molecule is CC(=O)c1csc(NC(=O)[C@@H](C)N=C(N)N)n1. The molecule has 0 bridgehead atoms. The first-order valence-corrected chi connectivity index (χ1v) is 5.64. The second kappa shape index (κ2) is 5.39. The average Bonchev–Trinajstić information content (AvgIpc) is 2.65. The third kappa shape index (κ3) is 3.83. The second-order valence-corrected chi connectivity index (χ2v) is 4.17. The summed E-state index contributed by atoms with van der Waals surface area (Å²) in [4.78, 5) is 30.2. The molecule has 0 fully saturated rings. The van der Waals surface area contributed by atoms with Gasteiger partial charge in [-0.25, -0.2) is 9.98 Å². The number of aromatic nitrogens is 1. The van der Waals surface area contributed by atoms with Crippen LogP contribution in [0.1, 0.15) is 24.3 Å². The van der Waals surface area contributed by atoms with Gasteiger partial charge in [-0.3, -0.25) is 9.59 Å². The maximum atomic E-state index is 11.6. The van der Waals surface area contributed by atoms with Crippen molar-refractivity contribution in [2.75, 3.05) is 5.32 Å². The first-order chi connectivity index (χ1) is 7.90. The molecule has 1 aromatic rings. The van der Waals surface area contributed by atoms with E-state index in [1.54, 1.807) is 12.3 Å². The van der Waals surface area contributed by atoms with E-state index in [9.17, 15) is 9.59 Å². The molecule has 17 heavy (non-hydrogen) atoms. The Morgan fingerprint density at radius 3 is 2.65 bits per heavy atom. The quantitative estimate of drug-likeness (QED) is 0.395. The number of guanidine groups is 1. The molecule has 0 aromatic carbocycles. The number of thiazole rings is 1. The third-order valence-corrected chi connectivity index (χ3v) is 2.57. The predicted octanol–water partition coefficient (Wildman–Crippen LogP) is -0.0539. The number of nitrogens with zero attached hydrogens (tertiary/aromatic N) is 2. The molecule has 0 saturated carbocycles. The van der Waals surface area contributed by atoms with Gasteiger partial charge in [-0.2, -0.15) is 0 Å². The first-order valence-electron chi connectivity index (χ1n) is 4.76. The van der Waals surface area contributed by atoms with Crippen LogP contribution in [0.2, 0.25) is 0 Å². The van der Waals surface area contributed by atoms with Gasteiger partial charge in [0, 0.05) is 12.3 Å². The number of ketones is 1. The van der Waals surface area contributed by atoms with Gasteiger partial charge in [-0.15, -0.1) is 11.3 Å². The summed E-state index contributed by atoms with van der Waals surface area (Å²) in [5.74, 6) is -0.696. The zero-order valence-corrected chi connectivity index (χ0v) is 10.2. The lowest BCUT2D eigenvalue weighted by Gasteiger charge is -2.05. The Morgan fingerprint density at radius 1 is 1.53 bits per heavy atom. The van der Waals surface area contributed by atoms with Crippen LogP contribution in [0.4, 0.5) is 5.13 Å². The number of nitrogens with two attached hydrogens (primary N) is 2. The van der Waals surface area contributed by atoms with Crippen molar-refractivity contribution >= 4 is 34.1 Å². The van der Waals surface area contributed by atoms with Gasteiger partial charge >= 0.3 is 0 Å². The highest BCUT2D eigenvalue weighted by molar-refractivity contribution is 7.14. The molecule has 1 rings (SSSR count). The van der Waals surface area contributed by atoms with E-state index < -0.39 is 6.04 Å². The molecule has 0 radical (unpaired) electrons. The lowest BCUT2D eigenvalue weighted by atomic mass is 10.3. The fraction of sp³-hybridized carbons (Fsp3) is 0.333. The summed E-state index contributed by atoms with van der Waals surface area (Å²) in [5, 5.41) is 4.44. The van der Waals surface area contributed by atoms with Crippen LogP contribution in [-0.4, -0.2) is 28.7 Å². The number of carbonyl (C=O) groups excluding carboxylic acids is 2. The fourth-order valence-electron chi connectivity index (χ4n) is 0.985. The predicted molar refractivity (Wildman–Crippen MR) is 66.0 cm³/mol. The van der Waals surface area contributed by atoms with E-state index in [2.05, 4.69) is 15.3 Å². The van der Waals surface area contributed by atoms with Crippen molar-refractivity contribution in [3.63, 3.8) is 0 Å². The lowest BCUT2D eigenvalue weighted by Crippen LogP contribution is -2.30. The van der Waals surface area contributed by atoms with Crippen LogP contribution in [0.25, 0.3) is 0 Å². The lowest BCUT2D eigenvalue weighted by molar-refractivity contribution is -0.117. The van der Waals surface area contributed by atoms with Gasteiger partial charge < -0.3 is 16.8 Å². The van der Waals surface area contributed by atoms with Crippen molar-refractivity contribution in [2.24, 2.45) is 16.5 Å². The smallest absolute Gasteiger partial charge is 0.250 e. The number of anilines is 1. The van der Waals surface area contributed by atoms with Crippen molar-refractivity contribution in [1.82, 2.24) is 4.98 Å². The Bertz CT molecular complexity index is 464. The van der Waals surface area contributed by atoms with E-state index in [1.165, 1.54) is 18.3 Å². The minimum absolute atomic E-state index is 0.154. The molecule has 0 aliphatic carbocycles. The number of rotatable bonds is 4. The molecule has 1 atom stereocenters. The minimum atomic E-state index is -0.704. The molecular formula is C9H13N5O2S. The molecule has 7 nitrogen and oxygen atoms in total. The molecule has 0 spiro atoms. The van der Waals surface area contributed by atoms with Gasteiger partial charge in [0.15, 0.2) is 16.9 Å². The van der Waals surface area contributed by atoms with Crippen molar-refractivity contribution < 1.29 is 9.59 Å². The summed E-state index contributed by atoms with van der Waals surface area (Å²) in [6.07, 6.45) is 0. The maximum absolute atomic E-state index is 11.6. The van der Waals surface area contributed by atoms with Crippen LogP contribution in [0, 0.1) is 0 Å². The van der Waals surface area contributed by atoms with Gasteiger partial charge in [0.05, 0.1) is 0 Å². The van der Waals surface area contributed by atoms with Gasteiger partial charge in [-0.1, -0.05) is 0 Å². The third-order valence-electron chi connectivity index (χ3n) is 1.82. The molecule has 0 unspecified atom stereocenters. The van der Waals surface area contributed by atoms with E-state index in [4.69, 9.17) is 11.5 Å². The van der Waals surface area contributed by atoms with Crippen LogP contribution in [-0.2, 0) is 4.79 Å². The highest BCUT2D eigenvalue weighted by Crippen LogP contribution is 2.16. The number of nitrogens with one attached hydrogen (secondary N) is 1. The Morgan fingerprint density at radius 2 is 2.18 bits per heavy atom. The van der Waals surface area contributed by atoms with E-state index in [0.717, 1.165) is 0 Å².